The van der Waals surface area contributed by atoms with Crippen molar-refractivity contribution in [3.63, 3.8) is 0 Å². The molecule has 4 rings (SSSR count). The quantitative estimate of drug-likeness (QED) is 0.374. The van der Waals surface area contributed by atoms with Crippen molar-refractivity contribution in [2.24, 2.45) is 22.7 Å². The standard InChI is InChI=1S/C30H40N2O4/c1-20(2)4-12-27-25-14-15-31-26(25)18-32(27)19-36-30-16-22(8-13-28(30)34)7-11-24(33)17-29(35)23-9-5-21(3)6-10-23/h5,8-9,13-16,18,20-21,23,27,29,34-35H,4,6-7,10-12,17,19H2,1-3H3/t21-,23+,27?,29-/m0/s1. The molecule has 0 saturated heterocycles. The molecule has 0 spiro atoms. The number of aliphatic hydroxyl groups is 1. The maximum absolute atomic E-state index is 12.5. The number of nitrogens with zero attached hydrogens (tertiary/aromatic N) is 2. The zero-order chi connectivity index (χ0) is 25.7. The van der Waals surface area contributed by atoms with Crippen LogP contribution in [0.15, 0.2) is 58.9 Å². The van der Waals surface area contributed by atoms with Gasteiger partial charge in [-0.05, 0) is 67.7 Å². The molecule has 0 aromatic heterocycles. The molecule has 2 N–H and O–H groups in total. The van der Waals surface area contributed by atoms with Gasteiger partial charge in [0.1, 0.15) is 5.78 Å². The lowest BCUT2D eigenvalue weighted by atomic mass is 9.84. The molecule has 6 nitrogen and oxygen atoms in total. The molecule has 3 aliphatic rings. The van der Waals surface area contributed by atoms with Crippen molar-refractivity contribution in [1.82, 2.24) is 4.90 Å². The fraction of sp³-hybridized carbons (Fsp3) is 0.533. The van der Waals surface area contributed by atoms with E-state index in [1.807, 2.05) is 24.5 Å². The van der Waals surface area contributed by atoms with Crippen molar-refractivity contribution in [2.45, 2.75) is 77.9 Å². The maximum Gasteiger partial charge on any atom is 0.163 e. The first-order chi connectivity index (χ1) is 17.3. The second-order valence-corrected chi connectivity index (χ2v) is 10.9. The van der Waals surface area contributed by atoms with Crippen LogP contribution in [0.3, 0.4) is 0 Å². The van der Waals surface area contributed by atoms with Crippen LogP contribution in [-0.4, -0.2) is 46.0 Å². The van der Waals surface area contributed by atoms with Crippen molar-refractivity contribution in [1.29, 1.82) is 0 Å². The molecular weight excluding hydrogens is 452 g/mol. The van der Waals surface area contributed by atoms with Gasteiger partial charge in [0.25, 0.3) is 0 Å². The Morgan fingerprint density at radius 3 is 2.83 bits per heavy atom. The number of aliphatic imine (C=N–C) groups is 1. The third-order valence-electron chi connectivity index (χ3n) is 7.49. The molecule has 1 aromatic carbocycles. The molecule has 1 aliphatic carbocycles. The molecule has 0 fully saturated rings. The predicted molar refractivity (Wildman–Crippen MR) is 143 cm³/mol. The van der Waals surface area contributed by atoms with Crippen LogP contribution in [0.2, 0.25) is 0 Å². The number of benzene rings is 1. The van der Waals surface area contributed by atoms with Crippen LogP contribution in [0, 0.1) is 17.8 Å². The number of carbonyl (C=O) groups excluding carboxylic acids is 1. The van der Waals surface area contributed by atoms with Gasteiger partial charge in [-0.25, -0.2) is 0 Å². The van der Waals surface area contributed by atoms with Crippen molar-refractivity contribution in [3.8, 4) is 11.5 Å². The molecule has 194 valence electrons. The summed E-state index contributed by atoms with van der Waals surface area (Å²) in [6, 6.07) is 5.48. The summed E-state index contributed by atoms with van der Waals surface area (Å²) in [6.07, 6.45) is 14.8. The van der Waals surface area contributed by atoms with Gasteiger partial charge in [-0.3, -0.25) is 9.79 Å². The lowest BCUT2D eigenvalue weighted by molar-refractivity contribution is -0.121. The van der Waals surface area contributed by atoms with Gasteiger partial charge in [0.05, 0.1) is 17.8 Å². The summed E-state index contributed by atoms with van der Waals surface area (Å²) in [6.45, 7) is 6.94. The first-order valence-electron chi connectivity index (χ1n) is 13.3. The number of Topliss-reactive ketones (excluding diaryl/α,β-unsaturated/α-hetero) is 1. The molecule has 6 heteroatoms. The van der Waals surface area contributed by atoms with E-state index in [9.17, 15) is 15.0 Å². The van der Waals surface area contributed by atoms with E-state index in [1.165, 1.54) is 5.57 Å². The third-order valence-corrected chi connectivity index (χ3v) is 7.49. The van der Waals surface area contributed by atoms with Gasteiger partial charge in [0.15, 0.2) is 18.2 Å². The zero-order valence-electron chi connectivity index (χ0n) is 21.8. The molecule has 0 radical (unpaired) electrons. The number of aliphatic hydroxyl groups excluding tert-OH is 1. The topological polar surface area (TPSA) is 82.4 Å². The highest BCUT2D eigenvalue weighted by molar-refractivity contribution is 5.81. The Morgan fingerprint density at radius 2 is 2.08 bits per heavy atom. The van der Waals surface area contributed by atoms with E-state index >= 15 is 0 Å². The monoisotopic (exact) mass is 492 g/mol. The first-order valence-corrected chi connectivity index (χ1v) is 13.3. The van der Waals surface area contributed by atoms with E-state index in [2.05, 4.69) is 48.9 Å². The van der Waals surface area contributed by atoms with E-state index < -0.39 is 6.10 Å². The van der Waals surface area contributed by atoms with Crippen LogP contribution in [0.25, 0.3) is 0 Å². The van der Waals surface area contributed by atoms with Crippen LogP contribution < -0.4 is 4.74 Å². The number of hydrogen-bond donors (Lipinski definition) is 2. The average molecular weight is 493 g/mol. The number of allylic oxidation sites excluding steroid dienone is 2. The number of aromatic hydroxyl groups is 1. The number of hydrogen-bond acceptors (Lipinski definition) is 6. The van der Waals surface area contributed by atoms with Crippen molar-refractivity contribution >= 4 is 12.0 Å². The second kappa shape index (κ2) is 11.9. The minimum Gasteiger partial charge on any atom is -0.504 e. The fourth-order valence-corrected chi connectivity index (χ4v) is 5.16. The SMILES string of the molecule is CC(C)CCC1C2=CC=NC2=CN1COc1cc(CCC(=O)C[C@H](O)[C@@H]2C=C[C@H](C)CC2)ccc1O. The molecule has 0 amide bonds. The van der Waals surface area contributed by atoms with Crippen LogP contribution in [0.5, 0.6) is 11.5 Å². The van der Waals surface area contributed by atoms with Crippen LogP contribution >= 0.6 is 0 Å². The number of phenolic OH excluding ortho intramolecular Hbond substituents is 1. The minimum absolute atomic E-state index is 0.0575. The molecule has 2 aliphatic heterocycles. The Kier molecular flexibility index (Phi) is 8.68. The Labute approximate surface area is 215 Å². The first kappa shape index (κ1) is 26.2. The largest absolute Gasteiger partial charge is 0.504 e. The predicted octanol–water partition coefficient (Wildman–Crippen LogP) is 5.56. The maximum atomic E-state index is 12.5. The Balaban J connectivity index is 1.30. The lowest BCUT2D eigenvalue weighted by Crippen LogP contribution is -2.32. The van der Waals surface area contributed by atoms with Gasteiger partial charge in [0.2, 0.25) is 0 Å². The van der Waals surface area contributed by atoms with Crippen LogP contribution in [0.4, 0.5) is 0 Å². The molecule has 36 heavy (non-hydrogen) atoms. The molecule has 2 heterocycles. The van der Waals surface area contributed by atoms with Gasteiger partial charge in [-0.15, -0.1) is 0 Å². The minimum atomic E-state index is -0.614. The molecule has 0 saturated carbocycles. The summed E-state index contributed by atoms with van der Waals surface area (Å²) in [4.78, 5) is 19.1. The number of rotatable bonds is 12. The summed E-state index contributed by atoms with van der Waals surface area (Å²) >= 11 is 0. The van der Waals surface area contributed by atoms with E-state index in [-0.39, 0.29) is 29.9 Å². The van der Waals surface area contributed by atoms with Crippen molar-refractivity contribution in [3.05, 3.63) is 59.5 Å². The van der Waals surface area contributed by atoms with Gasteiger partial charge >= 0.3 is 0 Å². The molecular formula is C30H40N2O4. The normalized spacial score (nSPS) is 23.6. The van der Waals surface area contributed by atoms with Crippen molar-refractivity contribution in [2.75, 3.05) is 6.73 Å². The Bertz CT molecular complexity index is 1060. The van der Waals surface area contributed by atoms with E-state index in [0.29, 0.717) is 37.2 Å². The number of ether oxygens (including phenoxy) is 1. The number of carbonyl (C=O) groups is 1. The lowest BCUT2D eigenvalue weighted by Gasteiger charge is -2.27. The fourth-order valence-electron chi connectivity index (χ4n) is 5.16. The zero-order valence-corrected chi connectivity index (χ0v) is 21.8. The van der Waals surface area contributed by atoms with Crippen LogP contribution in [0.1, 0.15) is 64.9 Å². The number of fused-ring (bicyclic) bond motifs is 1. The second-order valence-electron chi connectivity index (χ2n) is 10.9. The van der Waals surface area contributed by atoms with Gasteiger partial charge in [-0.2, -0.15) is 0 Å². The van der Waals surface area contributed by atoms with Crippen molar-refractivity contribution < 1.29 is 19.7 Å². The van der Waals surface area contributed by atoms with Gasteiger partial charge < -0.3 is 19.8 Å². The molecule has 1 aromatic rings. The molecule has 1 unspecified atom stereocenters. The summed E-state index contributed by atoms with van der Waals surface area (Å²) in [5.41, 5.74) is 3.15. The van der Waals surface area contributed by atoms with Crippen LogP contribution in [-0.2, 0) is 11.2 Å². The highest BCUT2D eigenvalue weighted by atomic mass is 16.5. The smallest absolute Gasteiger partial charge is 0.163 e. The Hall–Kier alpha value is -2.86. The molecule has 0 bridgehead atoms. The average Bonchev–Trinajstić information content (AvgIpc) is 3.43. The molecule has 4 atom stereocenters. The van der Waals surface area contributed by atoms with E-state index in [4.69, 9.17) is 4.74 Å². The Morgan fingerprint density at radius 1 is 1.25 bits per heavy atom. The van der Waals surface area contributed by atoms with Gasteiger partial charge in [-0.1, -0.05) is 39.0 Å². The summed E-state index contributed by atoms with van der Waals surface area (Å²) in [5, 5.41) is 20.9. The summed E-state index contributed by atoms with van der Waals surface area (Å²) in [5.74, 6) is 1.80. The summed E-state index contributed by atoms with van der Waals surface area (Å²) in [7, 11) is 0. The summed E-state index contributed by atoms with van der Waals surface area (Å²) < 4.78 is 6.04. The number of phenols is 1. The highest BCUT2D eigenvalue weighted by Crippen LogP contribution is 2.35. The third kappa shape index (κ3) is 6.67. The number of ketones is 1. The highest BCUT2D eigenvalue weighted by Gasteiger charge is 2.31. The number of aryl methyl sites for hydroxylation is 1. The van der Waals surface area contributed by atoms with Gasteiger partial charge in [0, 0.05) is 36.7 Å². The van der Waals surface area contributed by atoms with E-state index in [1.54, 1.807) is 6.07 Å². The van der Waals surface area contributed by atoms with E-state index in [0.717, 1.165) is 36.9 Å².